The summed E-state index contributed by atoms with van der Waals surface area (Å²) in [5.41, 5.74) is 0.525. The molecule has 0 fully saturated rings. The van der Waals surface area contributed by atoms with Crippen molar-refractivity contribution in [3.8, 4) is 5.88 Å². The number of methoxy groups -OCH3 is 1. The van der Waals surface area contributed by atoms with Crippen molar-refractivity contribution in [2.75, 3.05) is 7.11 Å². The molecular formula is C12H10ClFN2O. The highest BCUT2D eigenvalue weighted by molar-refractivity contribution is 6.29. The monoisotopic (exact) mass is 252 g/mol. The van der Waals surface area contributed by atoms with Gasteiger partial charge in [0.25, 0.3) is 0 Å². The Labute approximate surface area is 103 Å². The van der Waals surface area contributed by atoms with Crippen molar-refractivity contribution >= 4 is 11.6 Å². The molecule has 0 radical (unpaired) electrons. The average molecular weight is 253 g/mol. The Morgan fingerprint density at radius 2 is 2.06 bits per heavy atom. The molecule has 2 rings (SSSR count). The average Bonchev–Trinajstić information content (AvgIpc) is 2.31. The van der Waals surface area contributed by atoms with Gasteiger partial charge in [-0.05, 0) is 11.6 Å². The maximum absolute atomic E-state index is 13.4. The number of nitrogens with zero attached hydrogens (tertiary/aromatic N) is 2. The number of ether oxygens (including phenoxy) is 1. The van der Waals surface area contributed by atoms with E-state index in [0.717, 1.165) is 0 Å². The molecule has 1 aromatic carbocycles. The van der Waals surface area contributed by atoms with Gasteiger partial charge in [0.1, 0.15) is 16.8 Å². The summed E-state index contributed by atoms with van der Waals surface area (Å²) in [6.07, 6.45) is 0.281. The maximum Gasteiger partial charge on any atom is 0.217 e. The minimum Gasteiger partial charge on any atom is -0.481 e. The fourth-order valence-electron chi connectivity index (χ4n) is 1.44. The molecule has 5 heteroatoms. The van der Waals surface area contributed by atoms with Crippen LogP contribution in [-0.2, 0) is 6.42 Å². The van der Waals surface area contributed by atoms with Crippen molar-refractivity contribution in [1.82, 2.24) is 9.97 Å². The lowest BCUT2D eigenvalue weighted by molar-refractivity contribution is 0.395. The summed E-state index contributed by atoms with van der Waals surface area (Å²) in [7, 11) is 1.49. The number of benzene rings is 1. The van der Waals surface area contributed by atoms with Crippen LogP contribution in [0, 0.1) is 5.82 Å². The van der Waals surface area contributed by atoms with Crippen LogP contribution in [0.2, 0.25) is 5.15 Å². The first kappa shape index (κ1) is 11.8. The van der Waals surface area contributed by atoms with E-state index >= 15 is 0 Å². The van der Waals surface area contributed by atoms with Crippen LogP contribution >= 0.6 is 11.6 Å². The fourth-order valence-corrected chi connectivity index (χ4v) is 1.63. The van der Waals surface area contributed by atoms with E-state index in [1.54, 1.807) is 18.2 Å². The molecule has 0 unspecified atom stereocenters. The summed E-state index contributed by atoms with van der Waals surface area (Å²) < 4.78 is 18.4. The molecule has 0 spiro atoms. The Hall–Kier alpha value is -1.68. The Bertz CT molecular complexity index is 534. The molecule has 0 aliphatic rings. The van der Waals surface area contributed by atoms with E-state index in [2.05, 4.69) is 9.97 Å². The Kier molecular flexibility index (Phi) is 3.54. The zero-order valence-electron chi connectivity index (χ0n) is 9.15. The Morgan fingerprint density at radius 1 is 1.29 bits per heavy atom. The zero-order valence-corrected chi connectivity index (χ0v) is 9.91. The van der Waals surface area contributed by atoms with E-state index < -0.39 is 0 Å². The third-order valence-corrected chi connectivity index (χ3v) is 2.43. The van der Waals surface area contributed by atoms with Crippen LogP contribution < -0.4 is 4.74 Å². The molecule has 3 nitrogen and oxygen atoms in total. The summed E-state index contributed by atoms with van der Waals surface area (Å²) in [6.45, 7) is 0. The minimum absolute atomic E-state index is 0.281. The second-order valence-corrected chi connectivity index (χ2v) is 3.80. The van der Waals surface area contributed by atoms with Crippen LogP contribution in [0.15, 0.2) is 30.3 Å². The van der Waals surface area contributed by atoms with Gasteiger partial charge in [-0.1, -0.05) is 29.8 Å². The van der Waals surface area contributed by atoms with Gasteiger partial charge in [0.15, 0.2) is 0 Å². The normalized spacial score (nSPS) is 10.3. The molecule has 1 heterocycles. The second kappa shape index (κ2) is 5.10. The van der Waals surface area contributed by atoms with Gasteiger partial charge < -0.3 is 4.74 Å². The van der Waals surface area contributed by atoms with Crippen molar-refractivity contribution in [2.45, 2.75) is 6.42 Å². The summed E-state index contributed by atoms with van der Waals surface area (Å²) in [6, 6.07) is 7.99. The second-order valence-electron chi connectivity index (χ2n) is 3.42. The highest BCUT2D eigenvalue weighted by atomic mass is 35.5. The quantitative estimate of drug-likeness (QED) is 0.788. The summed E-state index contributed by atoms with van der Waals surface area (Å²) in [4.78, 5) is 8.13. The van der Waals surface area contributed by atoms with Gasteiger partial charge in [-0.25, -0.2) is 9.37 Å². The number of halogens is 2. The van der Waals surface area contributed by atoms with Crippen molar-refractivity contribution in [1.29, 1.82) is 0 Å². The first-order valence-corrected chi connectivity index (χ1v) is 5.37. The van der Waals surface area contributed by atoms with Gasteiger partial charge in [-0.15, -0.1) is 0 Å². The topological polar surface area (TPSA) is 35.0 Å². The third kappa shape index (κ3) is 2.91. The van der Waals surface area contributed by atoms with E-state index in [0.29, 0.717) is 17.3 Å². The fraction of sp³-hybridized carbons (Fsp3) is 0.167. The van der Waals surface area contributed by atoms with Crippen molar-refractivity contribution in [3.63, 3.8) is 0 Å². The van der Waals surface area contributed by atoms with Crippen LogP contribution in [0.4, 0.5) is 4.39 Å². The highest BCUT2D eigenvalue weighted by Gasteiger charge is 2.07. The largest absolute Gasteiger partial charge is 0.481 e. The summed E-state index contributed by atoms with van der Waals surface area (Å²) in [5, 5.41) is 0.281. The Balaban J connectivity index is 2.30. The van der Waals surface area contributed by atoms with Crippen LogP contribution in [0.5, 0.6) is 5.88 Å². The lowest BCUT2D eigenvalue weighted by Crippen LogP contribution is -2.00. The molecule has 0 saturated carbocycles. The predicted molar refractivity (Wildman–Crippen MR) is 62.8 cm³/mol. The SMILES string of the molecule is COc1cc(Cl)nc(Cc2ccccc2F)n1. The molecular weight excluding hydrogens is 243 g/mol. The van der Waals surface area contributed by atoms with Gasteiger partial charge >= 0.3 is 0 Å². The van der Waals surface area contributed by atoms with Crippen molar-refractivity contribution in [3.05, 3.63) is 52.7 Å². The number of hydrogen-bond acceptors (Lipinski definition) is 3. The third-order valence-electron chi connectivity index (χ3n) is 2.23. The number of rotatable bonds is 3. The van der Waals surface area contributed by atoms with E-state index in [1.165, 1.54) is 19.2 Å². The number of aromatic nitrogens is 2. The van der Waals surface area contributed by atoms with E-state index in [-0.39, 0.29) is 17.4 Å². The lowest BCUT2D eigenvalue weighted by Gasteiger charge is -2.04. The number of hydrogen-bond donors (Lipinski definition) is 0. The molecule has 1 aromatic heterocycles. The first-order chi connectivity index (χ1) is 8.19. The van der Waals surface area contributed by atoms with Crippen LogP contribution in [0.25, 0.3) is 0 Å². The van der Waals surface area contributed by atoms with Gasteiger partial charge in [0, 0.05) is 12.5 Å². The molecule has 0 bridgehead atoms. The summed E-state index contributed by atoms with van der Waals surface area (Å²) in [5.74, 6) is 0.519. The van der Waals surface area contributed by atoms with E-state index in [9.17, 15) is 4.39 Å². The molecule has 88 valence electrons. The molecule has 2 aromatic rings. The van der Waals surface area contributed by atoms with Crippen LogP contribution in [0.3, 0.4) is 0 Å². The molecule has 0 atom stereocenters. The van der Waals surface area contributed by atoms with E-state index in [1.807, 2.05) is 0 Å². The smallest absolute Gasteiger partial charge is 0.217 e. The van der Waals surface area contributed by atoms with Crippen molar-refractivity contribution < 1.29 is 9.13 Å². The lowest BCUT2D eigenvalue weighted by atomic mass is 10.1. The van der Waals surface area contributed by atoms with Crippen molar-refractivity contribution in [2.24, 2.45) is 0 Å². The minimum atomic E-state index is -0.282. The van der Waals surface area contributed by atoms with E-state index in [4.69, 9.17) is 16.3 Å². The van der Waals surface area contributed by atoms with Gasteiger partial charge in [0.2, 0.25) is 5.88 Å². The predicted octanol–water partition coefficient (Wildman–Crippen LogP) is 2.87. The standard InChI is InChI=1S/C12H10ClFN2O/c1-17-12-7-10(13)15-11(16-12)6-8-4-2-3-5-9(8)14/h2-5,7H,6H2,1H3. The Morgan fingerprint density at radius 3 is 2.76 bits per heavy atom. The molecule has 0 N–H and O–H groups in total. The molecule has 17 heavy (non-hydrogen) atoms. The first-order valence-electron chi connectivity index (χ1n) is 5.00. The molecule has 0 aliphatic carbocycles. The molecule has 0 aliphatic heterocycles. The van der Waals surface area contributed by atoms with Gasteiger partial charge in [0.05, 0.1) is 7.11 Å². The van der Waals surface area contributed by atoms with Gasteiger partial charge in [-0.3, -0.25) is 0 Å². The zero-order chi connectivity index (χ0) is 12.3. The molecule has 0 saturated heterocycles. The molecule has 0 amide bonds. The van der Waals surface area contributed by atoms with Crippen LogP contribution in [-0.4, -0.2) is 17.1 Å². The highest BCUT2D eigenvalue weighted by Crippen LogP contribution is 2.16. The summed E-state index contributed by atoms with van der Waals surface area (Å²) >= 11 is 5.81. The van der Waals surface area contributed by atoms with Crippen LogP contribution in [0.1, 0.15) is 11.4 Å². The van der Waals surface area contributed by atoms with Gasteiger partial charge in [-0.2, -0.15) is 4.98 Å². The maximum atomic E-state index is 13.4.